The molecule has 0 fully saturated rings. The molecule has 2 N–H and O–H groups in total. The van der Waals surface area contributed by atoms with Gasteiger partial charge in [-0.2, -0.15) is 0 Å². The molecule has 39 heavy (non-hydrogen) atoms. The molecule has 0 bridgehead atoms. The van der Waals surface area contributed by atoms with Gasteiger partial charge in [-0.15, -0.1) is 0 Å². The number of Topliss-reactive ketones (excluding diaryl/α,β-unsaturated/α-hetero) is 1. The number of carbonyl (C=O) groups excluding carboxylic acids is 3. The lowest BCUT2D eigenvalue weighted by atomic mass is 9.82. The maximum absolute atomic E-state index is 13.2. The molecule has 0 saturated heterocycles. The van der Waals surface area contributed by atoms with Crippen LogP contribution in [0.4, 0.5) is 4.79 Å². The molecular weight excluding hydrogens is 494 g/mol. The van der Waals surface area contributed by atoms with Gasteiger partial charge in [0, 0.05) is 31.4 Å². The zero-order valence-corrected chi connectivity index (χ0v) is 24.6. The van der Waals surface area contributed by atoms with Crippen molar-refractivity contribution in [3.05, 3.63) is 71.4 Å². The van der Waals surface area contributed by atoms with E-state index < -0.39 is 6.09 Å². The first kappa shape index (κ1) is 33.8. The number of hydrogen-bond acceptors (Lipinski definition) is 6. The van der Waals surface area contributed by atoms with Gasteiger partial charge in [-0.05, 0) is 58.1 Å². The molecule has 7 heteroatoms. The summed E-state index contributed by atoms with van der Waals surface area (Å²) >= 11 is 0. The number of allylic oxidation sites excluding steroid dienone is 8. The van der Waals surface area contributed by atoms with Crippen molar-refractivity contribution in [2.75, 3.05) is 13.7 Å². The summed E-state index contributed by atoms with van der Waals surface area (Å²) in [6.45, 7) is 12.1. The number of primary amides is 1. The molecule has 7 nitrogen and oxygen atoms in total. The molecule has 5 atom stereocenters. The zero-order chi connectivity index (χ0) is 29.4. The Morgan fingerprint density at radius 2 is 1.82 bits per heavy atom. The van der Waals surface area contributed by atoms with Crippen molar-refractivity contribution in [1.82, 2.24) is 0 Å². The van der Waals surface area contributed by atoms with Crippen molar-refractivity contribution in [3.63, 3.8) is 0 Å². The van der Waals surface area contributed by atoms with Gasteiger partial charge in [-0.25, -0.2) is 9.59 Å². The predicted octanol–water partition coefficient (Wildman–Crippen LogP) is 6.57. The second kappa shape index (κ2) is 18.2. The Kier molecular flexibility index (Phi) is 15.8. The normalized spacial score (nSPS) is 20.1. The fraction of sp³-hybridized carbons (Fsp3) is 0.531. The van der Waals surface area contributed by atoms with E-state index in [2.05, 4.69) is 25.2 Å². The Balaban J connectivity index is 2.57. The second-order valence-electron chi connectivity index (χ2n) is 10.4. The number of ether oxygens (including phenoxy) is 3. The first-order valence-corrected chi connectivity index (χ1v) is 13.7. The zero-order valence-electron chi connectivity index (χ0n) is 24.6. The highest BCUT2D eigenvalue weighted by Gasteiger charge is 2.30. The van der Waals surface area contributed by atoms with E-state index in [4.69, 9.17) is 19.9 Å². The molecule has 1 heterocycles. The number of unbranched alkanes of at least 4 members (excludes halogenated alkanes) is 1. The third-order valence-corrected chi connectivity index (χ3v) is 6.68. The molecule has 0 aromatic rings. The minimum absolute atomic E-state index is 0.108. The number of carbonyl (C=O) groups is 3. The number of rotatable bonds is 16. The van der Waals surface area contributed by atoms with E-state index in [0.717, 1.165) is 36.0 Å². The lowest BCUT2D eigenvalue weighted by Crippen LogP contribution is -2.35. The number of amides is 1. The van der Waals surface area contributed by atoms with Crippen LogP contribution in [0.15, 0.2) is 71.4 Å². The summed E-state index contributed by atoms with van der Waals surface area (Å²) in [5, 5.41) is 0. The smallest absolute Gasteiger partial charge is 0.404 e. The van der Waals surface area contributed by atoms with E-state index in [-0.39, 0.29) is 48.3 Å². The molecule has 5 unspecified atom stereocenters. The average molecular weight is 542 g/mol. The highest BCUT2D eigenvalue weighted by atomic mass is 16.5. The third kappa shape index (κ3) is 14.0. The molecule has 0 aliphatic carbocycles. The van der Waals surface area contributed by atoms with Crippen LogP contribution in [0.5, 0.6) is 0 Å². The Labute approximate surface area is 234 Å². The van der Waals surface area contributed by atoms with E-state index in [1.165, 1.54) is 6.08 Å². The molecule has 1 rings (SSSR count). The van der Waals surface area contributed by atoms with Crippen LogP contribution in [0.25, 0.3) is 0 Å². The first-order chi connectivity index (χ1) is 18.4. The molecule has 1 aliphatic heterocycles. The van der Waals surface area contributed by atoms with E-state index >= 15 is 0 Å². The van der Waals surface area contributed by atoms with Crippen LogP contribution in [0, 0.1) is 17.8 Å². The standard InChI is InChI=1S/C32H47NO6/c1-22(16-17-28-14-11-15-29(34)39-28)12-9-8-10-13-23(2)20-25(4)30(35)27(6)31(37-7)26(5)21-24(3)18-19-38-32(33)36/h10-13,15-18,20,25-28,31H,8-9,14,19,21H2,1-7H3,(H2,33,36)/b13-10+,17-16+,22-12-,23-20+,24-18+. The van der Waals surface area contributed by atoms with E-state index in [1.807, 2.05) is 65.0 Å². The summed E-state index contributed by atoms with van der Waals surface area (Å²) in [5.74, 6) is -0.539. The van der Waals surface area contributed by atoms with Gasteiger partial charge in [-0.1, -0.05) is 73.9 Å². The van der Waals surface area contributed by atoms with E-state index in [1.54, 1.807) is 7.11 Å². The monoisotopic (exact) mass is 541 g/mol. The van der Waals surface area contributed by atoms with Crippen molar-refractivity contribution in [3.8, 4) is 0 Å². The van der Waals surface area contributed by atoms with Gasteiger partial charge in [0.15, 0.2) is 0 Å². The molecule has 1 aliphatic rings. The molecule has 0 spiro atoms. The number of methoxy groups -OCH3 is 1. The Bertz CT molecular complexity index is 1000. The minimum Gasteiger partial charge on any atom is -0.455 e. The van der Waals surface area contributed by atoms with Crippen molar-refractivity contribution in [2.24, 2.45) is 23.5 Å². The second-order valence-corrected chi connectivity index (χ2v) is 10.4. The summed E-state index contributed by atoms with van der Waals surface area (Å²) < 4.78 is 15.7. The first-order valence-electron chi connectivity index (χ1n) is 13.7. The number of ketones is 1. The molecule has 0 saturated carbocycles. The van der Waals surface area contributed by atoms with Crippen LogP contribution >= 0.6 is 0 Å². The summed E-state index contributed by atoms with van der Waals surface area (Å²) in [7, 11) is 1.64. The van der Waals surface area contributed by atoms with E-state index in [9.17, 15) is 14.4 Å². The Morgan fingerprint density at radius 1 is 1.10 bits per heavy atom. The summed E-state index contributed by atoms with van der Waals surface area (Å²) in [6.07, 6.45) is 19.3. The van der Waals surface area contributed by atoms with Gasteiger partial charge in [0.05, 0.1) is 6.10 Å². The van der Waals surface area contributed by atoms with Crippen LogP contribution in [0.3, 0.4) is 0 Å². The third-order valence-electron chi connectivity index (χ3n) is 6.68. The Morgan fingerprint density at radius 3 is 2.46 bits per heavy atom. The average Bonchev–Trinajstić information content (AvgIpc) is 2.86. The molecule has 0 aromatic carbocycles. The van der Waals surface area contributed by atoms with E-state index in [0.29, 0.717) is 6.42 Å². The lowest BCUT2D eigenvalue weighted by Gasteiger charge is -2.29. The highest BCUT2D eigenvalue weighted by molar-refractivity contribution is 5.85. The number of cyclic esters (lactones) is 1. The van der Waals surface area contributed by atoms with Crippen LogP contribution in [-0.4, -0.2) is 43.8 Å². The maximum Gasteiger partial charge on any atom is 0.404 e. The lowest BCUT2D eigenvalue weighted by molar-refractivity contribution is -0.141. The SMILES string of the molecule is COC(C(C)C/C(C)=C/COC(N)=O)C(C)C(=O)C(C)/C=C(C)/C=C/CC/C=C(C)\C=C\C1CC=CC(=O)O1. The quantitative estimate of drug-likeness (QED) is 0.103. The molecular formula is C32H47NO6. The predicted molar refractivity (Wildman–Crippen MR) is 156 cm³/mol. The number of esters is 1. The van der Waals surface area contributed by atoms with Gasteiger partial charge in [0.2, 0.25) is 0 Å². The summed E-state index contributed by atoms with van der Waals surface area (Å²) in [4.78, 5) is 35.2. The van der Waals surface area contributed by atoms with Gasteiger partial charge < -0.3 is 19.9 Å². The van der Waals surface area contributed by atoms with Crippen LogP contribution in [0.1, 0.15) is 67.2 Å². The maximum atomic E-state index is 13.2. The number of nitrogens with two attached hydrogens (primary N) is 1. The van der Waals surface area contributed by atoms with Crippen LogP contribution in [0.2, 0.25) is 0 Å². The molecule has 216 valence electrons. The van der Waals surface area contributed by atoms with Crippen molar-refractivity contribution >= 4 is 17.8 Å². The molecule has 0 radical (unpaired) electrons. The minimum atomic E-state index is -0.799. The van der Waals surface area contributed by atoms with Crippen molar-refractivity contribution in [1.29, 1.82) is 0 Å². The van der Waals surface area contributed by atoms with Gasteiger partial charge in [-0.3, -0.25) is 4.79 Å². The van der Waals surface area contributed by atoms with Gasteiger partial charge >= 0.3 is 12.1 Å². The highest BCUT2D eigenvalue weighted by Crippen LogP contribution is 2.26. The van der Waals surface area contributed by atoms with Crippen LogP contribution < -0.4 is 5.73 Å². The fourth-order valence-electron chi connectivity index (χ4n) is 4.67. The largest absolute Gasteiger partial charge is 0.455 e. The summed E-state index contributed by atoms with van der Waals surface area (Å²) in [6, 6.07) is 0. The van der Waals surface area contributed by atoms with Crippen molar-refractivity contribution < 1.29 is 28.6 Å². The van der Waals surface area contributed by atoms with Crippen LogP contribution in [-0.2, 0) is 23.8 Å². The van der Waals surface area contributed by atoms with Gasteiger partial charge in [0.25, 0.3) is 0 Å². The van der Waals surface area contributed by atoms with Gasteiger partial charge in [0.1, 0.15) is 18.5 Å². The van der Waals surface area contributed by atoms with Crippen molar-refractivity contribution in [2.45, 2.75) is 79.4 Å². The topological polar surface area (TPSA) is 105 Å². The fourth-order valence-corrected chi connectivity index (χ4v) is 4.67. The summed E-state index contributed by atoms with van der Waals surface area (Å²) in [5.41, 5.74) is 8.22. The number of hydrogen-bond donors (Lipinski definition) is 1. The Hall–Kier alpha value is -3.19. The molecule has 0 aromatic heterocycles. The molecule has 1 amide bonds.